The highest BCUT2D eigenvalue weighted by atomic mass is 16.3. The summed E-state index contributed by atoms with van der Waals surface area (Å²) in [5.74, 6) is 0.516. The summed E-state index contributed by atoms with van der Waals surface area (Å²) in [6, 6.07) is 0. The minimum Gasteiger partial charge on any atom is -0.393 e. The van der Waals surface area contributed by atoms with E-state index < -0.39 is 0 Å². The van der Waals surface area contributed by atoms with Gasteiger partial charge in [0.2, 0.25) is 0 Å². The Labute approximate surface area is 77.2 Å². The largest absolute Gasteiger partial charge is 0.393 e. The van der Waals surface area contributed by atoms with Crippen molar-refractivity contribution in [2.75, 3.05) is 0 Å². The van der Waals surface area contributed by atoms with Crippen molar-refractivity contribution in [3.63, 3.8) is 0 Å². The Balaban J connectivity index is 3.72. The van der Waals surface area contributed by atoms with Gasteiger partial charge in [-0.05, 0) is 25.2 Å². The Morgan fingerprint density at radius 3 is 1.92 bits per heavy atom. The molecule has 0 heterocycles. The van der Waals surface area contributed by atoms with Crippen molar-refractivity contribution in [1.82, 2.24) is 0 Å². The van der Waals surface area contributed by atoms with Crippen molar-refractivity contribution in [2.24, 2.45) is 5.92 Å². The molecule has 1 N–H and O–H groups in total. The summed E-state index contributed by atoms with van der Waals surface area (Å²) >= 11 is 0. The molecule has 0 aromatic rings. The van der Waals surface area contributed by atoms with Gasteiger partial charge in [0.25, 0.3) is 0 Å². The summed E-state index contributed by atoms with van der Waals surface area (Å²) in [4.78, 5) is 0. The molecule has 1 radical (unpaired) electrons. The molecule has 1 nitrogen and oxygen atoms in total. The van der Waals surface area contributed by atoms with Gasteiger partial charge in [-0.25, -0.2) is 0 Å². The second-order valence-corrected chi connectivity index (χ2v) is 3.55. The SMILES string of the molecule is [CH2]CCC(O)C(CCC)CCC. The van der Waals surface area contributed by atoms with E-state index in [-0.39, 0.29) is 6.10 Å². The van der Waals surface area contributed by atoms with Crippen LogP contribution in [-0.4, -0.2) is 11.2 Å². The van der Waals surface area contributed by atoms with Crippen LogP contribution in [0.15, 0.2) is 0 Å². The van der Waals surface area contributed by atoms with Gasteiger partial charge in [-0.2, -0.15) is 0 Å². The molecule has 0 aliphatic carbocycles. The molecular weight excluding hydrogens is 148 g/mol. The van der Waals surface area contributed by atoms with Crippen molar-refractivity contribution >= 4 is 0 Å². The zero-order chi connectivity index (χ0) is 9.40. The van der Waals surface area contributed by atoms with E-state index in [9.17, 15) is 5.11 Å². The molecule has 1 unspecified atom stereocenters. The molecule has 0 aliphatic heterocycles. The molecule has 0 fully saturated rings. The lowest BCUT2D eigenvalue weighted by atomic mass is 9.90. The molecule has 0 aliphatic rings. The van der Waals surface area contributed by atoms with E-state index in [2.05, 4.69) is 20.8 Å². The average Bonchev–Trinajstić information content (AvgIpc) is 2.04. The van der Waals surface area contributed by atoms with E-state index in [0.29, 0.717) is 5.92 Å². The standard InChI is InChI=1S/C11H23O/c1-4-7-10(8-5-2)11(12)9-6-3/h10-12H,3-9H2,1-2H3. The second-order valence-electron chi connectivity index (χ2n) is 3.55. The van der Waals surface area contributed by atoms with Gasteiger partial charge in [-0.1, -0.05) is 40.0 Å². The van der Waals surface area contributed by atoms with Crippen LogP contribution in [0, 0.1) is 12.8 Å². The Morgan fingerprint density at radius 1 is 1.08 bits per heavy atom. The van der Waals surface area contributed by atoms with E-state index in [1.807, 2.05) is 0 Å². The van der Waals surface area contributed by atoms with E-state index in [0.717, 1.165) is 25.7 Å². The Bertz CT molecular complexity index is 85.0. The summed E-state index contributed by atoms with van der Waals surface area (Å²) in [5, 5.41) is 9.73. The third kappa shape index (κ3) is 4.76. The maximum Gasteiger partial charge on any atom is 0.0568 e. The van der Waals surface area contributed by atoms with Crippen molar-refractivity contribution in [3.05, 3.63) is 6.92 Å². The van der Waals surface area contributed by atoms with Gasteiger partial charge >= 0.3 is 0 Å². The van der Waals surface area contributed by atoms with E-state index in [1.165, 1.54) is 12.8 Å². The van der Waals surface area contributed by atoms with Gasteiger partial charge in [0.05, 0.1) is 6.10 Å². The van der Waals surface area contributed by atoms with Crippen LogP contribution in [0.5, 0.6) is 0 Å². The second kappa shape index (κ2) is 7.60. The van der Waals surface area contributed by atoms with Crippen LogP contribution in [0.25, 0.3) is 0 Å². The fourth-order valence-corrected chi connectivity index (χ4v) is 1.72. The fraction of sp³-hybridized carbons (Fsp3) is 0.909. The number of hydrogen-bond donors (Lipinski definition) is 1. The minimum absolute atomic E-state index is 0.109. The van der Waals surface area contributed by atoms with E-state index >= 15 is 0 Å². The quantitative estimate of drug-likeness (QED) is 0.623. The molecule has 0 spiro atoms. The van der Waals surface area contributed by atoms with Crippen molar-refractivity contribution in [3.8, 4) is 0 Å². The third-order valence-corrected chi connectivity index (χ3v) is 2.36. The van der Waals surface area contributed by atoms with Gasteiger partial charge in [0.1, 0.15) is 0 Å². The molecule has 12 heavy (non-hydrogen) atoms. The number of aliphatic hydroxyl groups excluding tert-OH is 1. The van der Waals surface area contributed by atoms with Gasteiger partial charge < -0.3 is 5.11 Å². The molecule has 0 amide bonds. The van der Waals surface area contributed by atoms with Crippen LogP contribution in [0.2, 0.25) is 0 Å². The molecule has 0 rings (SSSR count). The highest BCUT2D eigenvalue weighted by Crippen LogP contribution is 2.20. The number of aliphatic hydroxyl groups is 1. The van der Waals surface area contributed by atoms with Gasteiger partial charge in [-0.3, -0.25) is 0 Å². The van der Waals surface area contributed by atoms with Crippen molar-refractivity contribution < 1.29 is 5.11 Å². The lowest BCUT2D eigenvalue weighted by molar-refractivity contribution is 0.0887. The van der Waals surface area contributed by atoms with Gasteiger partial charge in [0, 0.05) is 0 Å². The highest BCUT2D eigenvalue weighted by Gasteiger charge is 2.15. The number of hydrogen-bond acceptors (Lipinski definition) is 1. The van der Waals surface area contributed by atoms with Crippen LogP contribution < -0.4 is 0 Å². The van der Waals surface area contributed by atoms with Gasteiger partial charge in [0.15, 0.2) is 0 Å². The summed E-state index contributed by atoms with van der Waals surface area (Å²) in [7, 11) is 0. The molecule has 1 heteroatoms. The first kappa shape index (κ1) is 12.0. The molecule has 0 aromatic carbocycles. The topological polar surface area (TPSA) is 20.2 Å². The van der Waals surface area contributed by atoms with Crippen LogP contribution in [0.1, 0.15) is 52.4 Å². The lowest BCUT2D eigenvalue weighted by Gasteiger charge is -2.21. The normalized spacial score (nSPS) is 13.8. The summed E-state index contributed by atoms with van der Waals surface area (Å²) < 4.78 is 0. The molecule has 0 saturated heterocycles. The van der Waals surface area contributed by atoms with Crippen LogP contribution in [0.4, 0.5) is 0 Å². The zero-order valence-corrected chi connectivity index (χ0v) is 8.55. The van der Waals surface area contributed by atoms with Crippen molar-refractivity contribution in [1.29, 1.82) is 0 Å². The predicted molar refractivity (Wildman–Crippen MR) is 53.9 cm³/mol. The first-order valence-electron chi connectivity index (χ1n) is 5.23. The van der Waals surface area contributed by atoms with Crippen LogP contribution >= 0.6 is 0 Å². The zero-order valence-electron chi connectivity index (χ0n) is 8.55. The summed E-state index contributed by atoms with van der Waals surface area (Å²) in [6.07, 6.45) is 6.29. The molecule has 73 valence electrons. The molecule has 1 atom stereocenters. The van der Waals surface area contributed by atoms with E-state index in [4.69, 9.17) is 0 Å². The molecule has 0 aromatic heterocycles. The fourth-order valence-electron chi connectivity index (χ4n) is 1.72. The maximum atomic E-state index is 9.73. The third-order valence-electron chi connectivity index (χ3n) is 2.36. The summed E-state index contributed by atoms with van der Waals surface area (Å²) in [5.41, 5.74) is 0. The lowest BCUT2D eigenvalue weighted by Crippen LogP contribution is -2.19. The number of rotatable bonds is 7. The first-order valence-corrected chi connectivity index (χ1v) is 5.23. The molecular formula is C11H23O. The Hall–Kier alpha value is -0.0400. The Morgan fingerprint density at radius 2 is 1.58 bits per heavy atom. The predicted octanol–water partition coefficient (Wildman–Crippen LogP) is 3.18. The van der Waals surface area contributed by atoms with E-state index in [1.54, 1.807) is 0 Å². The smallest absolute Gasteiger partial charge is 0.0568 e. The first-order chi connectivity index (χ1) is 5.76. The summed E-state index contributed by atoms with van der Waals surface area (Å²) in [6.45, 7) is 8.13. The minimum atomic E-state index is -0.109. The average molecular weight is 171 g/mol. The highest BCUT2D eigenvalue weighted by molar-refractivity contribution is 4.68. The maximum absolute atomic E-state index is 9.73. The monoisotopic (exact) mass is 171 g/mol. The van der Waals surface area contributed by atoms with Crippen LogP contribution in [0.3, 0.4) is 0 Å². The van der Waals surface area contributed by atoms with Crippen LogP contribution in [-0.2, 0) is 0 Å². The Kier molecular flexibility index (Phi) is 7.58. The van der Waals surface area contributed by atoms with Crippen molar-refractivity contribution in [2.45, 2.75) is 58.5 Å². The molecule has 0 saturated carbocycles. The van der Waals surface area contributed by atoms with Gasteiger partial charge in [-0.15, -0.1) is 0 Å². The molecule has 0 bridgehead atoms.